The highest BCUT2D eigenvalue weighted by molar-refractivity contribution is 7.99. The van der Waals surface area contributed by atoms with Crippen LogP contribution in [0, 0.1) is 0 Å². The van der Waals surface area contributed by atoms with Crippen molar-refractivity contribution >= 4 is 29.3 Å². The summed E-state index contributed by atoms with van der Waals surface area (Å²) < 4.78 is 6.86. The van der Waals surface area contributed by atoms with Crippen LogP contribution in [0.1, 0.15) is 31.4 Å². The number of allylic oxidation sites excluding steroid dienone is 2. The van der Waals surface area contributed by atoms with Gasteiger partial charge in [0.05, 0.1) is 18.6 Å². The number of nitrogen functional groups attached to an aromatic ring is 1. The molecule has 7 nitrogen and oxygen atoms in total. The van der Waals surface area contributed by atoms with E-state index in [9.17, 15) is 4.79 Å². The van der Waals surface area contributed by atoms with Gasteiger partial charge in [0.15, 0.2) is 5.82 Å². The first-order valence-electron chi connectivity index (χ1n) is 9.73. The van der Waals surface area contributed by atoms with Gasteiger partial charge in [-0.2, -0.15) is 0 Å². The second-order valence-corrected chi connectivity index (χ2v) is 8.35. The van der Waals surface area contributed by atoms with Crippen LogP contribution in [0.2, 0.25) is 5.02 Å². The minimum Gasteiger partial charge on any atom is -0.467 e. The van der Waals surface area contributed by atoms with Gasteiger partial charge in [-0.3, -0.25) is 4.79 Å². The van der Waals surface area contributed by atoms with Crippen molar-refractivity contribution in [3.8, 4) is 11.4 Å². The Balaban J connectivity index is 1.46. The summed E-state index contributed by atoms with van der Waals surface area (Å²) in [5, 5.41) is 9.42. The van der Waals surface area contributed by atoms with Crippen LogP contribution in [0.4, 0.5) is 0 Å². The SMILES string of the molecule is Nn1c(SCC(=O)N(Cc2ccco2)C2=CCCCC2)nnc1-c1ccc(Cl)cc1. The number of carbonyl (C=O) groups excluding carboxylic acids is 1. The average molecular weight is 444 g/mol. The van der Waals surface area contributed by atoms with Crippen molar-refractivity contribution in [3.05, 3.63) is 65.2 Å². The lowest BCUT2D eigenvalue weighted by atomic mass is 10.0. The lowest BCUT2D eigenvalue weighted by molar-refractivity contribution is -0.127. The Morgan fingerprint density at radius 1 is 1.23 bits per heavy atom. The molecule has 0 radical (unpaired) electrons. The van der Waals surface area contributed by atoms with Crippen molar-refractivity contribution in [2.24, 2.45) is 0 Å². The number of thioether (sulfide) groups is 1. The smallest absolute Gasteiger partial charge is 0.237 e. The zero-order valence-electron chi connectivity index (χ0n) is 16.3. The number of carbonyl (C=O) groups is 1. The van der Waals surface area contributed by atoms with Gasteiger partial charge >= 0.3 is 0 Å². The van der Waals surface area contributed by atoms with Crippen LogP contribution in [0.5, 0.6) is 0 Å². The zero-order valence-corrected chi connectivity index (χ0v) is 17.9. The first-order valence-corrected chi connectivity index (χ1v) is 11.1. The first-order chi connectivity index (χ1) is 14.6. The van der Waals surface area contributed by atoms with Crippen LogP contribution < -0.4 is 5.84 Å². The number of halogens is 1. The van der Waals surface area contributed by atoms with E-state index in [0.29, 0.717) is 22.5 Å². The Morgan fingerprint density at radius 2 is 2.07 bits per heavy atom. The molecule has 9 heteroatoms. The Labute approximate surface area is 183 Å². The van der Waals surface area contributed by atoms with E-state index in [1.807, 2.05) is 29.2 Å². The molecule has 0 bridgehead atoms. The topological polar surface area (TPSA) is 90.2 Å². The summed E-state index contributed by atoms with van der Waals surface area (Å²) in [6.45, 7) is 0.420. The number of nitrogens with zero attached hydrogens (tertiary/aromatic N) is 4. The minimum atomic E-state index is -0.0133. The quantitative estimate of drug-likeness (QED) is 0.427. The van der Waals surface area contributed by atoms with Crippen LogP contribution in [-0.4, -0.2) is 31.4 Å². The summed E-state index contributed by atoms with van der Waals surface area (Å²) in [7, 11) is 0. The molecule has 0 atom stereocenters. The molecule has 1 aromatic carbocycles. The molecule has 4 rings (SSSR count). The molecule has 1 aliphatic rings. The van der Waals surface area contributed by atoms with Gasteiger partial charge in [-0.25, -0.2) is 4.68 Å². The van der Waals surface area contributed by atoms with Gasteiger partial charge in [0.1, 0.15) is 5.76 Å². The molecule has 1 aliphatic carbocycles. The van der Waals surface area contributed by atoms with Crippen LogP contribution >= 0.6 is 23.4 Å². The molecular formula is C21H22ClN5O2S. The number of aromatic nitrogens is 3. The van der Waals surface area contributed by atoms with Gasteiger partial charge in [0, 0.05) is 16.3 Å². The molecule has 0 aliphatic heterocycles. The minimum absolute atomic E-state index is 0.0133. The van der Waals surface area contributed by atoms with Gasteiger partial charge in [-0.05, 0) is 62.1 Å². The average Bonchev–Trinajstić information content (AvgIpc) is 3.41. The van der Waals surface area contributed by atoms with Crippen molar-refractivity contribution in [1.29, 1.82) is 0 Å². The first kappa shape index (κ1) is 20.6. The Morgan fingerprint density at radius 3 is 2.77 bits per heavy atom. The lowest BCUT2D eigenvalue weighted by Gasteiger charge is -2.27. The maximum Gasteiger partial charge on any atom is 0.237 e. The third-order valence-corrected chi connectivity index (χ3v) is 6.08. The fourth-order valence-electron chi connectivity index (χ4n) is 3.35. The second-order valence-electron chi connectivity index (χ2n) is 6.97. The molecule has 2 heterocycles. The third kappa shape index (κ3) is 4.71. The molecule has 2 N–H and O–H groups in total. The number of benzene rings is 1. The second kappa shape index (κ2) is 9.40. The van der Waals surface area contributed by atoms with Crippen molar-refractivity contribution in [2.75, 3.05) is 11.6 Å². The van der Waals surface area contributed by atoms with Gasteiger partial charge in [0.2, 0.25) is 11.1 Å². The van der Waals surface area contributed by atoms with Crippen LogP contribution in [-0.2, 0) is 11.3 Å². The molecule has 0 saturated carbocycles. The summed E-state index contributed by atoms with van der Waals surface area (Å²) >= 11 is 7.21. The van der Waals surface area contributed by atoms with Gasteiger partial charge in [-0.15, -0.1) is 10.2 Å². The van der Waals surface area contributed by atoms with Gasteiger partial charge < -0.3 is 15.2 Å². The summed E-state index contributed by atoms with van der Waals surface area (Å²) in [6.07, 6.45) is 7.90. The standard InChI is InChI=1S/C21H22ClN5O2S/c22-16-10-8-15(9-11-16)20-24-25-21(27(20)23)30-14-19(28)26(13-18-7-4-12-29-18)17-5-2-1-3-6-17/h4-5,7-12H,1-3,6,13-14,23H2. The highest BCUT2D eigenvalue weighted by atomic mass is 35.5. The summed E-state index contributed by atoms with van der Waals surface area (Å²) in [6, 6.07) is 10.9. The van der Waals surface area contributed by atoms with E-state index in [2.05, 4.69) is 16.3 Å². The maximum absolute atomic E-state index is 13.1. The monoisotopic (exact) mass is 443 g/mol. The Bertz CT molecular complexity index is 1030. The molecule has 0 unspecified atom stereocenters. The van der Waals surface area contributed by atoms with Crippen molar-refractivity contribution in [2.45, 2.75) is 37.4 Å². The molecule has 0 spiro atoms. The van der Waals surface area contributed by atoms with E-state index in [-0.39, 0.29) is 11.7 Å². The van der Waals surface area contributed by atoms with E-state index in [1.165, 1.54) is 16.4 Å². The molecule has 0 fully saturated rings. The van der Waals surface area contributed by atoms with Crippen LogP contribution in [0.25, 0.3) is 11.4 Å². The molecule has 30 heavy (non-hydrogen) atoms. The normalized spacial score (nSPS) is 13.8. The van der Waals surface area contributed by atoms with E-state index in [0.717, 1.165) is 42.7 Å². The lowest BCUT2D eigenvalue weighted by Crippen LogP contribution is -2.32. The third-order valence-electron chi connectivity index (χ3n) is 4.90. The fraction of sp³-hybridized carbons (Fsp3) is 0.286. The summed E-state index contributed by atoms with van der Waals surface area (Å²) in [4.78, 5) is 14.9. The molecular weight excluding hydrogens is 422 g/mol. The summed E-state index contributed by atoms with van der Waals surface area (Å²) in [5.41, 5.74) is 1.86. The molecule has 2 aromatic heterocycles. The number of amides is 1. The number of nitrogens with two attached hydrogens (primary N) is 1. The fourth-order valence-corrected chi connectivity index (χ4v) is 4.21. The summed E-state index contributed by atoms with van der Waals surface area (Å²) in [5.74, 6) is 7.64. The number of rotatable bonds is 7. The Hall–Kier alpha value is -2.71. The Kier molecular flexibility index (Phi) is 6.44. The van der Waals surface area contributed by atoms with E-state index in [1.54, 1.807) is 18.4 Å². The van der Waals surface area contributed by atoms with Crippen molar-refractivity contribution < 1.29 is 9.21 Å². The number of hydrogen-bond donors (Lipinski definition) is 1. The number of furan rings is 1. The van der Waals surface area contributed by atoms with E-state index < -0.39 is 0 Å². The predicted molar refractivity (Wildman–Crippen MR) is 117 cm³/mol. The van der Waals surface area contributed by atoms with E-state index >= 15 is 0 Å². The number of hydrogen-bond acceptors (Lipinski definition) is 6. The predicted octanol–water partition coefficient (Wildman–Crippen LogP) is 4.48. The molecule has 1 amide bonds. The van der Waals surface area contributed by atoms with Crippen LogP contribution in [0.15, 0.2) is 64.0 Å². The van der Waals surface area contributed by atoms with Crippen LogP contribution in [0.3, 0.4) is 0 Å². The maximum atomic E-state index is 13.1. The van der Waals surface area contributed by atoms with Gasteiger partial charge in [-0.1, -0.05) is 29.4 Å². The van der Waals surface area contributed by atoms with E-state index in [4.69, 9.17) is 21.9 Å². The highest BCUT2D eigenvalue weighted by Crippen LogP contribution is 2.26. The largest absolute Gasteiger partial charge is 0.467 e. The molecule has 156 valence electrons. The van der Waals surface area contributed by atoms with Crippen molar-refractivity contribution in [1.82, 2.24) is 19.8 Å². The van der Waals surface area contributed by atoms with Crippen molar-refractivity contribution in [3.63, 3.8) is 0 Å². The van der Waals surface area contributed by atoms with Gasteiger partial charge in [0.25, 0.3) is 0 Å². The molecule has 0 saturated heterocycles. The molecule has 3 aromatic rings. The highest BCUT2D eigenvalue weighted by Gasteiger charge is 2.22. The zero-order chi connectivity index (χ0) is 20.9.